The topological polar surface area (TPSA) is 49.4 Å². The lowest BCUT2D eigenvalue weighted by atomic mass is 10.00. The molecule has 0 aliphatic carbocycles. The van der Waals surface area contributed by atoms with Gasteiger partial charge in [0, 0.05) is 13.1 Å². The minimum absolute atomic E-state index is 0.415. The van der Waals surface area contributed by atoms with Crippen LogP contribution in [0.2, 0.25) is 0 Å². The molecular formula is C12H19BrN2O2S2. The van der Waals surface area contributed by atoms with Crippen LogP contribution in [0.15, 0.2) is 14.1 Å². The van der Waals surface area contributed by atoms with E-state index in [0.717, 1.165) is 28.7 Å². The van der Waals surface area contributed by atoms with E-state index in [1.165, 1.54) is 11.3 Å². The van der Waals surface area contributed by atoms with Crippen LogP contribution >= 0.6 is 27.3 Å². The number of thiophene rings is 1. The van der Waals surface area contributed by atoms with Gasteiger partial charge in [0.25, 0.3) is 10.0 Å². The zero-order valence-electron chi connectivity index (χ0n) is 11.1. The van der Waals surface area contributed by atoms with Gasteiger partial charge >= 0.3 is 0 Å². The Kier molecular flexibility index (Phi) is 5.05. The second kappa shape index (κ2) is 6.22. The number of nitrogens with zero attached hydrogens (tertiary/aromatic N) is 1. The summed E-state index contributed by atoms with van der Waals surface area (Å²) in [5.41, 5.74) is 0.979. The Morgan fingerprint density at radius 1 is 1.58 bits per heavy atom. The van der Waals surface area contributed by atoms with Crippen molar-refractivity contribution in [3.05, 3.63) is 15.4 Å². The fraction of sp³-hybridized carbons (Fsp3) is 0.667. The summed E-state index contributed by atoms with van der Waals surface area (Å²) in [4.78, 5) is 0. The van der Waals surface area contributed by atoms with Gasteiger partial charge in [-0.3, -0.25) is 0 Å². The molecule has 1 aliphatic rings. The summed E-state index contributed by atoms with van der Waals surface area (Å²) in [5, 5.41) is 3.14. The maximum Gasteiger partial charge on any atom is 0.252 e. The van der Waals surface area contributed by atoms with E-state index in [4.69, 9.17) is 0 Å². The van der Waals surface area contributed by atoms with Gasteiger partial charge in [-0.1, -0.05) is 0 Å². The van der Waals surface area contributed by atoms with Crippen molar-refractivity contribution in [3.63, 3.8) is 0 Å². The van der Waals surface area contributed by atoms with Crippen LogP contribution in [-0.2, 0) is 10.0 Å². The Morgan fingerprint density at radius 3 is 2.89 bits per heavy atom. The molecule has 1 aromatic rings. The molecule has 2 heterocycles. The smallest absolute Gasteiger partial charge is 0.252 e. The molecule has 0 aromatic carbocycles. The fourth-order valence-corrected chi connectivity index (χ4v) is 6.32. The first-order chi connectivity index (χ1) is 8.95. The third-order valence-electron chi connectivity index (χ3n) is 3.40. The highest BCUT2D eigenvalue weighted by Gasteiger charge is 2.31. The second-order valence-electron chi connectivity index (χ2n) is 4.95. The third-order valence-corrected chi connectivity index (χ3v) is 7.85. The SMILES string of the molecule is CNCC1CCCN(S(=O)(=O)c2cc(C)c(Br)s2)C1. The van der Waals surface area contributed by atoms with Crippen LogP contribution in [-0.4, -0.2) is 39.4 Å². The monoisotopic (exact) mass is 366 g/mol. The Hall–Kier alpha value is 0.0500. The molecule has 1 fully saturated rings. The van der Waals surface area contributed by atoms with E-state index >= 15 is 0 Å². The molecule has 0 bridgehead atoms. The van der Waals surface area contributed by atoms with Crippen LogP contribution in [0.1, 0.15) is 18.4 Å². The summed E-state index contributed by atoms with van der Waals surface area (Å²) >= 11 is 4.70. The van der Waals surface area contributed by atoms with Crippen molar-refractivity contribution in [1.82, 2.24) is 9.62 Å². The van der Waals surface area contributed by atoms with Crippen LogP contribution in [0, 0.1) is 12.8 Å². The lowest BCUT2D eigenvalue weighted by Gasteiger charge is -2.31. The summed E-state index contributed by atoms with van der Waals surface area (Å²) in [5.74, 6) is 0.415. The number of nitrogens with one attached hydrogen (secondary N) is 1. The maximum atomic E-state index is 12.6. The first-order valence-corrected chi connectivity index (χ1v) is 9.40. The summed E-state index contributed by atoms with van der Waals surface area (Å²) in [6.07, 6.45) is 2.04. The molecule has 108 valence electrons. The molecule has 0 radical (unpaired) electrons. The average molecular weight is 367 g/mol. The fourth-order valence-electron chi connectivity index (χ4n) is 2.39. The Balaban J connectivity index is 2.19. The van der Waals surface area contributed by atoms with Gasteiger partial charge in [0.1, 0.15) is 4.21 Å². The van der Waals surface area contributed by atoms with Gasteiger partial charge in [0.05, 0.1) is 3.79 Å². The molecule has 2 rings (SSSR count). The first-order valence-electron chi connectivity index (χ1n) is 6.36. The third kappa shape index (κ3) is 3.39. The van der Waals surface area contributed by atoms with Crippen molar-refractivity contribution in [2.45, 2.75) is 24.0 Å². The van der Waals surface area contributed by atoms with Crippen LogP contribution in [0.4, 0.5) is 0 Å². The van der Waals surface area contributed by atoms with Gasteiger partial charge in [0.2, 0.25) is 0 Å². The largest absolute Gasteiger partial charge is 0.319 e. The maximum absolute atomic E-state index is 12.6. The highest BCUT2D eigenvalue weighted by Crippen LogP contribution is 2.33. The van der Waals surface area contributed by atoms with Gasteiger partial charge in [-0.25, -0.2) is 8.42 Å². The summed E-state index contributed by atoms with van der Waals surface area (Å²) in [7, 11) is -1.41. The molecule has 1 saturated heterocycles. The zero-order valence-corrected chi connectivity index (χ0v) is 14.4. The zero-order chi connectivity index (χ0) is 14.0. The van der Waals surface area contributed by atoms with Crippen molar-refractivity contribution < 1.29 is 8.42 Å². The summed E-state index contributed by atoms with van der Waals surface area (Å²) < 4.78 is 28.2. The standard InChI is InChI=1S/C12H19BrN2O2S2/c1-9-6-11(18-12(9)13)19(16,17)15-5-3-4-10(8-15)7-14-2/h6,10,14H,3-5,7-8H2,1-2H3. The molecule has 1 unspecified atom stereocenters. The van der Waals surface area contributed by atoms with Gasteiger partial charge in [-0.05, 0) is 66.8 Å². The Morgan fingerprint density at radius 2 is 2.32 bits per heavy atom. The molecule has 19 heavy (non-hydrogen) atoms. The number of aryl methyl sites for hydroxylation is 1. The molecule has 1 aromatic heterocycles. The summed E-state index contributed by atoms with van der Waals surface area (Å²) in [6.45, 7) is 4.05. The molecule has 1 atom stereocenters. The van der Waals surface area contributed by atoms with E-state index in [-0.39, 0.29) is 0 Å². The van der Waals surface area contributed by atoms with Gasteiger partial charge < -0.3 is 5.32 Å². The van der Waals surface area contributed by atoms with Crippen molar-refractivity contribution in [2.24, 2.45) is 5.92 Å². The predicted molar refractivity (Wildman–Crippen MR) is 82.2 cm³/mol. The van der Waals surface area contributed by atoms with Crippen molar-refractivity contribution in [3.8, 4) is 0 Å². The van der Waals surface area contributed by atoms with Gasteiger partial charge in [-0.15, -0.1) is 11.3 Å². The number of hydrogen-bond acceptors (Lipinski definition) is 4. The van der Waals surface area contributed by atoms with Crippen molar-refractivity contribution in [1.29, 1.82) is 0 Å². The Bertz CT molecular complexity index is 520. The predicted octanol–water partition coefficient (Wildman–Crippen LogP) is 2.44. The lowest BCUT2D eigenvalue weighted by molar-refractivity contribution is 0.264. The van der Waals surface area contributed by atoms with E-state index in [0.29, 0.717) is 23.2 Å². The molecule has 7 heteroatoms. The number of hydrogen-bond donors (Lipinski definition) is 1. The Labute approximate surface area is 127 Å². The molecule has 1 N–H and O–H groups in total. The van der Waals surface area contributed by atoms with E-state index in [1.807, 2.05) is 14.0 Å². The highest BCUT2D eigenvalue weighted by atomic mass is 79.9. The number of halogens is 1. The summed E-state index contributed by atoms with van der Waals surface area (Å²) in [6, 6.07) is 1.76. The minimum atomic E-state index is -3.32. The first kappa shape index (κ1) is 15.4. The van der Waals surface area contributed by atoms with Gasteiger partial charge in [0.15, 0.2) is 0 Å². The molecule has 1 aliphatic heterocycles. The van der Waals surface area contributed by atoms with E-state index in [2.05, 4.69) is 21.2 Å². The molecule has 0 saturated carbocycles. The quantitative estimate of drug-likeness (QED) is 0.889. The number of rotatable bonds is 4. The molecular weight excluding hydrogens is 348 g/mol. The highest BCUT2D eigenvalue weighted by molar-refractivity contribution is 9.11. The lowest BCUT2D eigenvalue weighted by Crippen LogP contribution is -2.42. The molecule has 0 amide bonds. The van der Waals surface area contributed by atoms with E-state index in [9.17, 15) is 8.42 Å². The van der Waals surface area contributed by atoms with Crippen LogP contribution in [0.5, 0.6) is 0 Å². The van der Waals surface area contributed by atoms with Crippen LogP contribution < -0.4 is 5.32 Å². The molecule has 0 spiro atoms. The number of piperidine rings is 1. The van der Waals surface area contributed by atoms with Crippen LogP contribution in [0.25, 0.3) is 0 Å². The van der Waals surface area contributed by atoms with Crippen LogP contribution in [0.3, 0.4) is 0 Å². The molecule has 4 nitrogen and oxygen atoms in total. The van der Waals surface area contributed by atoms with Gasteiger partial charge in [-0.2, -0.15) is 4.31 Å². The normalized spacial score (nSPS) is 21.7. The number of sulfonamides is 1. The van der Waals surface area contributed by atoms with Crippen molar-refractivity contribution in [2.75, 3.05) is 26.7 Å². The minimum Gasteiger partial charge on any atom is -0.319 e. The van der Waals surface area contributed by atoms with E-state index in [1.54, 1.807) is 10.4 Å². The average Bonchev–Trinajstić information content (AvgIpc) is 2.71. The second-order valence-corrected chi connectivity index (χ2v) is 9.49. The van der Waals surface area contributed by atoms with Crippen molar-refractivity contribution >= 4 is 37.3 Å². The van der Waals surface area contributed by atoms with E-state index < -0.39 is 10.0 Å².